The van der Waals surface area contributed by atoms with E-state index < -0.39 is 5.60 Å². The number of likely N-dealkylation sites (tertiary alicyclic amines) is 1. The first-order valence-electron chi connectivity index (χ1n) is 8.89. The van der Waals surface area contributed by atoms with Gasteiger partial charge in [0.2, 0.25) is 0 Å². The van der Waals surface area contributed by atoms with Crippen LogP contribution < -0.4 is 4.90 Å². The fourth-order valence-electron chi connectivity index (χ4n) is 3.37. The van der Waals surface area contributed by atoms with Crippen LogP contribution in [0.1, 0.15) is 33.6 Å². The van der Waals surface area contributed by atoms with Crippen molar-refractivity contribution in [2.45, 2.75) is 45.3 Å². The van der Waals surface area contributed by atoms with E-state index in [0.717, 1.165) is 31.3 Å². The Labute approximate surface area is 149 Å². The van der Waals surface area contributed by atoms with E-state index in [4.69, 9.17) is 4.74 Å². The predicted molar refractivity (Wildman–Crippen MR) is 101 cm³/mol. The molecule has 0 aliphatic carbocycles. The molecule has 0 unspecified atom stereocenters. The summed E-state index contributed by atoms with van der Waals surface area (Å²) in [5.74, 6) is 0. The minimum Gasteiger partial charge on any atom is -0.444 e. The average molecular weight is 341 g/mol. The molecule has 0 saturated carbocycles. The number of ether oxygens (including phenoxy) is 1. The van der Waals surface area contributed by atoms with Crippen molar-refractivity contribution in [1.29, 1.82) is 0 Å². The van der Waals surface area contributed by atoms with Gasteiger partial charge in [-0.05, 0) is 45.7 Å². The maximum atomic E-state index is 12.2. The molecule has 5 heteroatoms. The van der Waals surface area contributed by atoms with E-state index in [1.165, 1.54) is 11.1 Å². The Morgan fingerprint density at radius 3 is 2.64 bits per heavy atom. The minimum absolute atomic E-state index is 0.204. The lowest BCUT2D eigenvalue weighted by molar-refractivity contribution is 0.0205. The molecule has 2 aromatic rings. The van der Waals surface area contributed by atoms with E-state index >= 15 is 0 Å². The molecule has 1 fully saturated rings. The van der Waals surface area contributed by atoms with E-state index in [2.05, 4.69) is 41.2 Å². The Bertz CT molecular complexity index is 741. The molecule has 1 amide bonds. The lowest BCUT2D eigenvalue weighted by atomic mass is 10.0. The van der Waals surface area contributed by atoms with Crippen LogP contribution in [0.15, 0.2) is 36.7 Å². The number of anilines is 1. The molecule has 1 aromatic carbocycles. The highest BCUT2D eigenvalue weighted by atomic mass is 16.6. The largest absolute Gasteiger partial charge is 0.444 e. The molecule has 1 aliphatic rings. The fraction of sp³-hybridized carbons (Fsp3) is 0.500. The highest BCUT2D eigenvalue weighted by molar-refractivity contribution is 5.93. The van der Waals surface area contributed by atoms with Crippen LogP contribution in [0, 0.1) is 0 Å². The normalized spacial score (nSPS) is 16.1. The molecule has 1 aliphatic heterocycles. The summed E-state index contributed by atoms with van der Waals surface area (Å²) in [7, 11) is 2.14. The van der Waals surface area contributed by atoms with Crippen molar-refractivity contribution < 1.29 is 9.53 Å². The third-order valence-corrected chi connectivity index (χ3v) is 4.70. The number of benzene rings is 1. The summed E-state index contributed by atoms with van der Waals surface area (Å²) in [6.07, 6.45) is 5.42. The summed E-state index contributed by atoms with van der Waals surface area (Å²) in [5, 5.41) is 2.37. The summed E-state index contributed by atoms with van der Waals surface area (Å²) in [5.41, 5.74) is 0.775. The topological polar surface area (TPSA) is 45.7 Å². The number of aromatic nitrogens is 1. The molecule has 1 saturated heterocycles. The van der Waals surface area contributed by atoms with Crippen molar-refractivity contribution >= 4 is 22.6 Å². The highest BCUT2D eigenvalue weighted by Crippen LogP contribution is 2.29. The summed E-state index contributed by atoms with van der Waals surface area (Å²) >= 11 is 0. The van der Waals surface area contributed by atoms with Gasteiger partial charge < -0.3 is 14.5 Å². The van der Waals surface area contributed by atoms with Gasteiger partial charge in [0.25, 0.3) is 0 Å². The van der Waals surface area contributed by atoms with Crippen molar-refractivity contribution in [3.05, 3.63) is 36.7 Å². The van der Waals surface area contributed by atoms with Gasteiger partial charge in [0.05, 0.1) is 0 Å². The first kappa shape index (κ1) is 17.5. The summed E-state index contributed by atoms with van der Waals surface area (Å²) in [6, 6.07) is 8.80. The fourth-order valence-corrected chi connectivity index (χ4v) is 3.37. The van der Waals surface area contributed by atoms with Crippen LogP contribution >= 0.6 is 0 Å². The third-order valence-electron chi connectivity index (χ3n) is 4.70. The van der Waals surface area contributed by atoms with E-state index in [-0.39, 0.29) is 6.09 Å². The molecule has 0 N–H and O–H groups in total. The molecular formula is C20H27N3O2. The van der Waals surface area contributed by atoms with Gasteiger partial charge in [0.15, 0.2) is 0 Å². The minimum atomic E-state index is -0.443. The molecule has 0 spiro atoms. The zero-order valence-electron chi connectivity index (χ0n) is 15.5. The Hall–Kier alpha value is -2.30. The van der Waals surface area contributed by atoms with Gasteiger partial charge in [-0.1, -0.05) is 12.1 Å². The number of piperidine rings is 1. The number of fused-ring (bicyclic) bond motifs is 1. The zero-order chi connectivity index (χ0) is 18.0. The van der Waals surface area contributed by atoms with Crippen LogP contribution in [-0.4, -0.2) is 47.8 Å². The van der Waals surface area contributed by atoms with Gasteiger partial charge in [-0.3, -0.25) is 4.98 Å². The Morgan fingerprint density at radius 2 is 1.96 bits per heavy atom. The number of hydrogen-bond acceptors (Lipinski definition) is 4. The Balaban J connectivity index is 1.67. The van der Waals surface area contributed by atoms with E-state index in [1.54, 1.807) is 0 Å². The quantitative estimate of drug-likeness (QED) is 0.826. The van der Waals surface area contributed by atoms with Crippen LogP contribution in [0.4, 0.5) is 10.5 Å². The summed E-state index contributed by atoms with van der Waals surface area (Å²) < 4.78 is 5.48. The monoisotopic (exact) mass is 341 g/mol. The van der Waals surface area contributed by atoms with Gasteiger partial charge >= 0.3 is 6.09 Å². The first-order chi connectivity index (χ1) is 11.8. The Morgan fingerprint density at radius 1 is 1.24 bits per heavy atom. The molecule has 3 rings (SSSR count). The van der Waals surface area contributed by atoms with E-state index in [0.29, 0.717) is 6.04 Å². The number of carbonyl (C=O) groups is 1. The van der Waals surface area contributed by atoms with Crippen molar-refractivity contribution in [3.63, 3.8) is 0 Å². The number of pyridine rings is 1. The standard InChI is InChI=1S/C20H27N3O2/c1-20(2,3)25-19(24)23-12-9-16(10-13-23)22(4)18-7-5-6-15-14-21-11-8-17(15)18/h5-8,11,14,16H,9-10,12-13H2,1-4H3. The average Bonchev–Trinajstić information content (AvgIpc) is 2.59. The molecule has 0 atom stereocenters. The SMILES string of the molecule is CN(c1cccc2cnccc12)C1CCN(C(=O)OC(C)(C)C)CC1. The molecule has 0 radical (unpaired) electrons. The van der Waals surface area contributed by atoms with Crippen LogP contribution in [0.25, 0.3) is 10.8 Å². The second kappa shape index (κ2) is 6.90. The number of hydrogen-bond donors (Lipinski definition) is 0. The molecule has 134 valence electrons. The van der Waals surface area contributed by atoms with Crippen molar-refractivity contribution in [3.8, 4) is 0 Å². The molecule has 1 aromatic heterocycles. The van der Waals surface area contributed by atoms with Crippen LogP contribution in [0.2, 0.25) is 0 Å². The van der Waals surface area contributed by atoms with Crippen molar-refractivity contribution in [2.24, 2.45) is 0 Å². The van der Waals surface area contributed by atoms with Crippen molar-refractivity contribution in [1.82, 2.24) is 9.88 Å². The molecule has 0 bridgehead atoms. The van der Waals surface area contributed by atoms with Gasteiger partial charge in [-0.25, -0.2) is 4.79 Å². The van der Waals surface area contributed by atoms with Crippen molar-refractivity contribution in [2.75, 3.05) is 25.0 Å². The van der Waals surface area contributed by atoms with Crippen LogP contribution in [0.5, 0.6) is 0 Å². The second-order valence-corrected chi connectivity index (χ2v) is 7.68. The van der Waals surface area contributed by atoms with E-state index in [9.17, 15) is 4.79 Å². The number of amides is 1. The molecule has 25 heavy (non-hydrogen) atoms. The maximum Gasteiger partial charge on any atom is 0.410 e. The van der Waals surface area contributed by atoms with Crippen LogP contribution in [0.3, 0.4) is 0 Å². The summed E-state index contributed by atoms with van der Waals surface area (Å²) in [4.78, 5) is 20.6. The zero-order valence-corrected chi connectivity index (χ0v) is 15.5. The smallest absolute Gasteiger partial charge is 0.410 e. The predicted octanol–water partition coefficient (Wildman–Crippen LogP) is 4.07. The first-order valence-corrected chi connectivity index (χ1v) is 8.89. The molecule has 5 nitrogen and oxygen atoms in total. The number of nitrogens with zero attached hydrogens (tertiary/aromatic N) is 3. The lowest BCUT2D eigenvalue weighted by Crippen LogP contribution is -2.47. The van der Waals surface area contributed by atoms with E-state index in [1.807, 2.05) is 38.1 Å². The highest BCUT2D eigenvalue weighted by Gasteiger charge is 2.28. The Kier molecular flexibility index (Phi) is 4.84. The van der Waals surface area contributed by atoms with Crippen LogP contribution in [-0.2, 0) is 4.74 Å². The molecular weight excluding hydrogens is 314 g/mol. The van der Waals surface area contributed by atoms with Gasteiger partial charge in [0.1, 0.15) is 5.60 Å². The maximum absolute atomic E-state index is 12.2. The van der Waals surface area contributed by atoms with Gasteiger partial charge in [0, 0.05) is 55.0 Å². The lowest BCUT2D eigenvalue weighted by Gasteiger charge is -2.38. The second-order valence-electron chi connectivity index (χ2n) is 7.68. The van der Waals surface area contributed by atoms with Gasteiger partial charge in [-0.2, -0.15) is 0 Å². The van der Waals surface area contributed by atoms with Gasteiger partial charge in [-0.15, -0.1) is 0 Å². The number of rotatable bonds is 2. The number of carbonyl (C=O) groups excluding carboxylic acids is 1. The molecule has 2 heterocycles. The summed E-state index contributed by atoms with van der Waals surface area (Å²) in [6.45, 7) is 7.18. The third kappa shape index (κ3) is 4.03.